The van der Waals surface area contributed by atoms with E-state index in [4.69, 9.17) is 4.74 Å². The molecule has 178 valence electrons. The van der Waals surface area contributed by atoms with E-state index >= 15 is 0 Å². The van der Waals surface area contributed by atoms with Crippen LogP contribution in [-0.4, -0.2) is 31.7 Å². The van der Waals surface area contributed by atoms with Crippen LogP contribution < -0.4 is 9.46 Å². The third-order valence-electron chi connectivity index (χ3n) is 4.97. The summed E-state index contributed by atoms with van der Waals surface area (Å²) in [5.74, 6) is 0.484. The molecule has 0 bridgehead atoms. The summed E-state index contributed by atoms with van der Waals surface area (Å²) >= 11 is 0.943. The van der Waals surface area contributed by atoms with Crippen LogP contribution in [0.1, 0.15) is 35.7 Å². The zero-order valence-corrected chi connectivity index (χ0v) is 20.5. The van der Waals surface area contributed by atoms with Crippen molar-refractivity contribution in [1.29, 1.82) is 0 Å². The molecule has 0 aliphatic heterocycles. The summed E-state index contributed by atoms with van der Waals surface area (Å²) in [4.78, 5) is 23.2. The van der Waals surface area contributed by atoms with Gasteiger partial charge in [0, 0.05) is 18.2 Å². The molecule has 8 heteroatoms. The monoisotopic (exact) mass is 497 g/mol. The van der Waals surface area contributed by atoms with Crippen LogP contribution in [0.25, 0.3) is 0 Å². The lowest BCUT2D eigenvalue weighted by Crippen LogP contribution is -2.13. The van der Waals surface area contributed by atoms with E-state index in [0.29, 0.717) is 23.6 Å². The van der Waals surface area contributed by atoms with E-state index in [-0.39, 0.29) is 21.5 Å². The van der Waals surface area contributed by atoms with Gasteiger partial charge in [-0.2, -0.15) is 0 Å². The lowest BCUT2D eigenvalue weighted by Gasteiger charge is -2.10. The van der Waals surface area contributed by atoms with Crippen LogP contribution in [0, 0.1) is 0 Å². The first-order valence-corrected chi connectivity index (χ1v) is 13.4. The second-order valence-electron chi connectivity index (χ2n) is 7.65. The molecule has 0 unspecified atom stereocenters. The Hall–Kier alpha value is -3.10. The second kappa shape index (κ2) is 12.4. The molecular weight excluding hydrogens is 470 g/mol. The molecule has 0 amide bonds. The Bertz CT molecular complexity index is 1190. The number of benzene rings is 3. The summed E-state index contributed by atoms with van der Waals surface area (Å²) < 4.78 is 33.6. The van der Waals surface area contributed by atoms with Crippen LogP contribution in [0.15, 0.2) is 83.8 Å². The Morgan fingerprint density at radius 1 is 0.882 bits per heavy atom. The predicted molar refractivity (Wildman–Crippen MR) is 136 cm³/mol. The number of aryl methyl sites for hydroxylation is 1. The Kier molecular flexibility index (Phi) is 9.30. The molecule has 3 aromatic rings. The number of carbonyl (C=O) groups excluding carboxylic acids is 2. The van der Waals surface area contributed by atoms with Crippen LogP contribution in [0.2, 0.25) is 0 Å². The average molecular weight is 498 g/mol. The van der Waals surface area contributed by atoms with Gasteiger partial charge in [-0.1, -0.05) is 42.1 Å². The molecule has 6 nitrogen and oxygen atoms in total. The maximum atomic E-state index is 12.7. The van der Waals surface area contributed by atoms with Crippen LogP contribution in [0.5, 0.6) is 5.75 Å². The van der Waals surface area contributed by atoms with Crippen molar-refractivity contribution in [3.63, 3.8) is 0 Å². The Morgan fingerprint density at radius 2 is 1.56 bits per heavy atom. The first-order valence-electron chi connectivity index (χ1n) is 10.9. The zero-order chi connectivity index (χ0) is 24.4. The van der Waals surface area contributed by atoms with E-state index in [1.807, 2.05) is 18.2 Å². The molecular formula is C26H27NO5S2. The standard InChI is InChI=1S/C26H27NO5S2/c1-20(28)33-19-26(29)22-10-12-23(13-11-22)27-34(30,31)25-16-14-24(15-17-25)32-18-6-5-9-21-7-3-2-4-8-21/h2-4,7-8,10-17,27H,5-6,9,18-19H2,1H3. The van der Waals surface area contributed by atoms with Gasteiger partial charge in [0.1, 0.15) is 5.75 Å². The number of carbonyl (C=O) groups is 2. The summed E-state index contributed by atoms with van der Waals surface area (Å²) in [6.07, 6.45) is 2.92. The van der Waals surface area contributed by atoms with Crippen molar-refractivity contribution in [3.8, 4) is 5.75 Å². The van der Waals surface area contributed by atoms with Gasteiger partial charge in [-0.25, -0.2) is 8.42 Å². The van der Waals surface area contributed by atoms with E-state index in [9.17, 15) is 18.0 Å². The van der Waals surface area contributed by atoms with Crippen LogP contribution in [-0.2, 0) is 21.2 Å². The maximum Gasteiger partial charge on any atom is 0.261 e. The molecule has 0 aliphatic rings. The van der Waals surface area contributed by atoms with Gasteiger partial charge in [-0.05, 0) is 73.4 Å². The number of sulfonamides is 1. The number of Topliss-reactive ketones (excluding diaryl/α,β-unsaturated/α-hetero) is 1. The molecule has 1 N–H and O–H groups in total. The van der Waals surface area contributed by atoms with Crippen LogP contribution in [0.3, 0.4) is 0 Å². The van der Waals surface area contributed by atoms with Crippen molar-refractivity contribution in [2.24, 2.45) is 0 Å². The Balaban J connectivity index is 1.48. The normalized spacial score (nSPS) is 11.1. The van der Waals surface area contributed by atoms with Crippen molar-refractivity contribution in [1.82, 2.24) is 0 Å². The Morgan fingerprint density at radius 3 is 2.21 bits per heavy atom. The quantitative estimate of drug-likeness (QED) is 0.268. The number of anilines is 1. The van der Waals surface area contributed by atoms with Gasteiger partial charge >= 0.3 is 0 Å². The summed E-state index contributed by atoms with van der Waals surface area (Å²) in [6, 6.07) is 22.7. The van der Waals surface area contributed by atoms with Crippen molar-refractivity contribution >= 4 is 38.4 Å². The van der Waals surface area contributed by atoms with Gasteiger partial charge in [-0.3, -0.25) is 14.3 Å². The van der Waals surface area contributed by atoms with E-state index < -0.39 is 10.0 Å². The summed E-state index contributed by atoms with van der Waals surface area (Å²) in [7, 11) is -3.78. The van der Waals surface area contributed by atoms with Crippen molar-refractivity contribution in [2.75, 3.05) is 17.1 Å². The number of thioether (sulfide) groups is 1. The van der Waals surface area contributed by atoms with E-state index in [0.717, 1.165) is 31.0 Å². The van der Waals surface area contributed by atoms with Crippen LogP contribution >= 0.6 is 11.8 Å². The fourth-order valence-electron chi connectivity index (χ4n) is 3.17. The number of ketones is 1. The van der Waals surface area contributed by atoms with Crippen molar-refractivity contribution in [2.45, 2.75) is 31.1 Å². The molecule has 0 aliphatic carbocycles. The van der Waals surface area contributed by atoms with Gasteiger partial charge < -0.3 is 4.74 Å². The number of ether oxygens (including phenoxy) is 1. The smallest absolute Gasteiger partial charge is 0.261 e. The maximum absolute atomic E-state index is 12.7. The fraction of sp³-hybridized carbons (Fsp3) is 0.231. The number of hydrogen-bond acceptors (Lipinski definition) is 6. The first kappa shape index (κ1) is 25.5. The molecule has 3 aromatic carbocycles. The van der Waals surface area contributed by atoms with Gasteiger partial charge in [0.05, 0.1) is 17.3 Å². The van der Waals surface area contributed by atoms with E-state index in [1.165, 1.54) is 48.9 Å². The highest BCUT2D eigenvalue weighted by molar-refractivity contribution is 8.14. The first-order chi connectivity index (χ1) is 16.3. The van der Waals surface area contributed by atoms with E-state index in [1.54, 1.807) is 12.1 Å². The van der Waals surface area contributed by atoms with E-state index in [2.05, 4.69) is 16.9 Å². The minimum absolute atomic E-state index is 0.0574. The summed E-state index contributed by atoms with van der Waals surface area (Å²) in [5.41, 5.74) is 2.06. The molecule has 0 heterocycles. The fourth-order valence-corrected chi connectivity index (χ4v) is 4.73. The number of rotatable bonds is 12. The zero-order valence-electron chi connectivity index (χ0n) is 18.9. The molecule has 3 rings (SSSR count). The largest absolute Gasteiger partial charge is 0.494 e. The lowest BCUT2D eigenvalue weighted by molar-refractivity contribution is -0.109. The summed E-state index contributed by atoms with van der Waals surface area (Å²) in [6.45, 7) is 1.97. The van der Waals surface area contributed by atoms with Crippen molar-refractivity contribution in [3.05, 3.63) is 90.0 Å². The number of hydrogen-bond donors (Lipinski definition) is 1. The predicted octanol–water partition coefficient (Wildman–Crippen LogP) is 5.35. The van der Waals surface area contributed by atoms with Crippen molar-refractivity contribution < 1.29 is 22.7 Å². The molecule has 34 heavy (non-hydrogen) atoms. The minimum atomic E-state index is -3.78. The highest BCUT2D eigenvalue weighted by Gasteiger charge is 2.15. The molecule has 0 aromatic heterocycles. The van der Waals surface area contributed by atoms with Gasteiger partial charge in [0.25, 0.3) is 10.0 Å². The minimum Gasteiger partial charge on any atom is -0.494 e. The highest BCUT2D eigenvalue weighted by Crippen LogP contribution is 2.20. The average Bonchev–Trinajstić information content (AvgIpc) is 2.83. The third-order valence-corrected chi connectivity index (χ3v) is 7.18. The van der Waals surface area contributed by atoms with Crippen LogP contribution in [0.4, 0.5) is 5.69 Å². The molecule has 0 atom stereocenters. The third kappa shape index (κ3) is 8.04. The number of nitrogens with one attached hydrogen (secondary N) is 1. The van der Waals surface area contributed by atoms with Gasteiger partial charge in [0.2, 0.25) is 0 Å². The Labute approximate surface area is 204 Å². The molecule has 0 saturated carbocycles. The summed E-state index contributed by atoms with van der Waals surface area (Å²) in [5, 5.41) is -0.128. The SMILES string of the molecule is CC(=O)SCC(=O)c1ccc(NS(=O)(=O)c2ccc(OCCCCc3ccccc3)cc2)cc1. The highest BCUT2D eigenvalue weighted by atomic mass is 32.2. The van der Waals surface area contributed by atoms with Gasteiger partial charge in [0.15, 0.2) is 10.9 Å². The topological polar surface area (TPSA) is 89.5 Å². The molecule has 0 radical (unpaired) electrons. The lowest BCUT2D eigenvalue weighted by atomic mass is 10.1. The number of unbranched alkanes of at least 4 members (excludes halogenated alkanes) is 1. The molecule has 0 saturated heterocycles. The second-order valence-corrected chi connectivity index (χ2v) is 10.5. The van der Waals surface area contributed by atoms with Gasteiger partial charge in [-0.15, -0.1) is 0 Å². The molecule has 0 spiro atoms. The molecule has 0 fully saturated rings.